The molecule has 0 aliphatic heterocycles. The maximum absolute atomic E-state index is 12.6. The average molecular weight is 319 g/mol. The van der Waals surface area contributed by atoms with Crippen LogP contribution in [0.3, 0.4) is 0 Å². The van der Waals surface area contributed by atoms with Gasteiger partial charge in [-0.2, -0.15) is 0 Å². The fraction of sp³-hybridized carbons (Fsp3) is 0.688. The van der Waals surface area contributed by atoms with Crippen LogP contribution in [0.15, 0.2) is 12.4 Å². The van der Waals surface area contributed by atoms with E-state index in [9.17, 15) is 4.79 Å². The van der Waals surface area contributed by atoms with E-state index in [0.29, 0.717) is 5.82 Å². The molecule has 1 aromatic rings. The van der Waals surface area contributed by atoms with E-state index in [0.717, 1.165) is 25.1 Å². The quantitative estimate of drug-likeness (QED) is 0.918. The summed E-state index contributed by atoms with van der Waals surface area (Å²) in [6.07, 6.45) is 6.17. The van der Waals surface area contributed by atoms with Crippen LogP contribution in [0, 0.1) is 5.41 Å². The van der Waals surface area contributed by atoms with E-state index in [4.69, 9.17) is 4.74 Å². The average Bonchev–Trinajstić information content (AvgIpc) is 2.45. The number of urea groups is 1. The van der Waals surface area contributed by atoms with Crippen LogP contribution in [0.1, 0.15) is 25.7 Å². The summed E-state index contributed by atoms with van der Waals surface area (Å²) in [6.45, 7) is 0. The molecule has 7 nitrogen and oxygen atoms in total. The molecule has 1 aromatic heterocycles. The molecule has 2 unspecified atom stereocenters. The number of ether oxygens (including phenoxy) is 1. The molecular formula is C16H25N5O2. The van der Waals surface area contributed by atoms with Gasteiger partial charge in [-0.05, 0) is 19.3 Å². The van der Waals surface area contributed by atoms with Gasteiger partial charge in [-0.3, -0.25) is 5.32 Å². The lowest BCUT2D eigenvalue weighted by Gasteiger charge is -2.62. The summed E-state index contributed by atoms with van der Waals surface area (Å²) in [4.78, 5) is 24.5. The predicted molar refractivity (Wildman–Crippen MR) is 88.6 cm³/mol. The van der Waals surface area contributed by atoms with Crippen molar-refractivity contribution < 1.29 is 9.53 Å². The van der Waals surface area contributed by atoms with Gasteiger partial charge in [-0.1, -0.05) is 6.42 Å². The molecule has 0 radical (unpaired) electrons. The Morgan fingerprint density at radius 3 is 2.65 bits per heavy atom. The van der Waals surface area contributed by atoms with Gasteiger partial charge in [-0.15, -0.1) is 0 Å². The van der Waals surface area contributed by atoms with Crippen LogP contribution >= 0.6 is 0 Å². The Balaban J connectivity index is 1.66. The normalized spacial score (nSPS) is 24.5. The second-order valence-electron chi connectivity index (χ2n) is 6.76. The maximum Gasteiger partial charge on any atom is 0.323 e. The van der Waals surface area contributed by atoms with E-state index in [2.05, 4.69) is 15.3 Å². The topological polar surface area (TPSA) is 70.6 Å². The van der Waals surface area contributed by atoms with Crippen LogP contribution in [0.2, 0.25) is 0 Å². The molecule has 1 heterocycles. The van der Waals surface area contributed by atoms with Crippen LogP contribution in [0.5, 0.6) is 0 Å². The van der Waals surface area contributed by atoms with Crippen molar-refractivity contribution in [3.63, 3.8) is 0 Å². The van der Waals surface area contributed by atoms with Gasteiger partial charge >= 0.3 is 6.03 Å². The summed E-state index contributed by atoms with van der Waals surface area (Å²) < 4.78 is 5.58. The highest BCUT2D eigenvalue weighted by Crippen LogP contribution is 2.58. The van der Waals surface area contributed by atoms with Gasteiger partial charge in [-0.25, -0.2) is 14.8 Å². The lowest BCUT2D eigenvalue weighted by Crippen LogP contribution is -2.68. The number of aromatic nitrogens is 2. The number of rotatable bonds is 4. The van der Waals surface area contributed by atoms with Gasteiger partial charge in [0.1, 0.15) is 18.0 Å². The molecular weight excluding hydrogens is 294 g/mol. The number of hydrogen-bond donors (Lipinski definition) is 1. The highest BCUT2D eigenvalue weighted by atomic mass is 16.5. The molecule has 2 amide bonds. The van der Waals surface area contributed by atoms with Crippen LogP contribution in [0.25, 0.3) is 0 Å². The molecule has 7 heteroatoms. The first-order valence-corrected chi connectivity index (χ1v) is 8.04. The first-order valence-electron chi connectivity index (χ1n) is 8.04. The van der Waals surface area contributed by atoms with Crippen molar-refractivity contribution in [3.05, 3.63) is 12.4 Å². The summed E-state index contributed by atoms with van der Waals surface area (Å²) in [5, 5.41) is 2.87. The number of amides is 2. The molecule has 2 fully saturated rings. The minimum Gasteiger partial charge on any atom is -0.381 e. The number of anilines is 2. The minimum absolute atomic E-state index is 0.126. The Hall–Kier alpha value is -1.89. The monoisotopic (exact) mass is 319 g/mol. The third-order valence-corrected chi connectivity index (χ3v) is 5.44. The molecule has 0 bridgehead atoms. The standard InChI is InChI=1S/C16H25N5O2/c1-20(2)14-9-13(17-10-18-14)19-15(22)21(3)11-8-12(23-4)16(11)6-5-7-16/h9-12H,5-8H2,1-4H3,(H,17,18,19,22). The number of carbonyl (C=O) groups is 1. The first kappa shape index (κ1) is 16.0. The van der Waals surface area contributed by atoms with E-state index in [1.165, 1.54) is 12.7 Å². The van der Waals surface area contributed by atoms with E-state index >= 15 is 0 Å². The van der Waals surface area contributed by atoms with Crippen LogP contribution in [-0.4, -0.2) is 61.3 Å². The fourth-order valence-corrected chi connectivity index (χ4v) is 3.84. The zero-order valence-corrected chi connectivity index (χ0v) is 14.2. The molecule has 126 valence electrons. The second-order valence-corrected chi connectivity index (χ2v) is 6.76. The lowest BCUT2D eigenvalue weighted by molar-refractivity contribution is -0.181. The number of carbonyl (C=O) groups excluding carboxylic acids is 1. The molecule has 1 spiro atoms. The van der Waals surface area contributed by atoms with E-state index in [-0.39, 0.29) is 23.6 Å². The summed E-state index contributed by atoms with van der Waals surface area (Å²) in [7, 11) is 7.43. The SMILES string of the molecule is COC1CC(N(C)C(=O)Nc2cc(N(C)C)ncn2)C12CCC2. The lowest BCUT2D eigenvalue weighted by atomic mass is 9.50. The third kappa shape index (κ3) is 2.63. The zero-order chi connectivity index (χ0) is 16.6. The molecule has 23 heavy (non-hydrogen) atoms. The van der Waals surface area contributed by atoms with Gasteiger partial charge in [0.25, 0.3) is 0 Å². The molecule has 3 rings (SSSR count). The number of hydrogen-bond acceptors (Lipinski definition) is 5. The molecule has 0 saturated heterocycles. The maximum atomic E-state index is 12.6. The first-order chi connectivity index (χ1) is 11.0. The van der Waals surface area contributed by atoms with E-state index in [1.54, 1.807) is 13.2 Å². The van der Waals surface area contributed by atoms with Crippen molar-refractivity contribution in [2.24, 2.45) is 5.41 Å². The highest BCUT2D eigenvalue weighted by molar-refractivity contribution is 5.88. The van der Waals surface area contributed by atoms with Gasteiger partial charge in [0.05, 0.1) is 6.10 Å². The molecule has 0 aromatic carbocycles. The molecule has 2 aliphatic rings. The minimum atomic E-state index is -0.126. The van der Waals surface area contributed by atoms with Gasteiger partial charge in [0.15, 0.2) is 0 Å². The Bertz CT molecular complexity index is 588. The summed E-state index contributed by atoms with van der Waals surface area (Å²) in [5.41, 5.74) is 0.168. The van der Waals surface area contributed by atoms with E-state index in [1.807, 2.05) is 30.9 Å². The molecule has 2 saturated carbocycles. The van der Waals surface area contributed by atoms with Crippen LogP contribution in [-0.2, 0) is 4.74 Å². The van der Waals surface area contributed by atoms with Crippen molar-refractivity contribution in [2.75, 3.05) is 38.5 Å². The number of nitrogens with zero attached hydrogens (tertiary/aromatic N) is 4. The predicted octanol–water partition coefficient (Wildman–Crippen LogP) is 1.96. The Morgan fingerprint density at radius 1 is 1.35 bits per heavy atom. The van der Waals surface area contributed by atoms with Crippen molar-refractivity contribution in [2.45, 2.75) is 37.8 Å². The Morgan fingerprint density at radius 2 is 2.09 bits per heavy atom. The highest BCUT2D eigenvalue weighted by Gasteiger charge is 2.60. The smallest absolute Gasteiger partial charge is 0.323 e. The van der Waals surface area contributed by atoms with Crippen molar-refractivity contribution in [3.8, 4) is 0 Å². The summed E-state index contributed by atoms with van der Waals surface area (Å²) >= 11 is 0. The molecule has 2 atom stereocenters. The van der Waals surface area contributed by atoms with E-state index < -0.39 is 0 Å². The largest absolute Gasteiger partial charge is 0.381 e. The fourth-order valence-electron chi connectivity index (χ4n) is 3.84. The van der Waals surface area contributed by atoms with Gasteiger partial charge in [0, 0.05) is 45.8 Å². The van der Waals surface area contributed by atoms with Crippen molar-refractivity contribution >= 4 is 17.7 Å². The van der Waals surface area contributed by atoms with Gasteiger partial charge < -0.3 is 14.5 Å². The van der Waals surface area contributed by atoms with Crippen LogP contribution in [0.4, 0.5) is 16.4 Å². The second kappa shape index (κ2) is 5.96. The molecule has 1 N–H and O–H groups in total. The zero-order valence-electron chi connectivity index (χ0n) is 14.2. The summed E-state index contributed by atoms with van der Waals surface area (Å²) in [6, 6.07) is 1.89. The van der Waals surface area contributed by atoms with Crippen LogP contribution < -0.4 is 10.2 Å². The summed E-state index contributed by atoms with van der Waals surface area (Å²) in [5.74, 6) is 1.28. The Kier molecular flexibility index (Phi) is 4.14. The molecule has 2 aliphatic carbocycles. The number of methoxy groups -OCH3 is 1. The number of nitrogens with one attached hydrogen (secondary N) is 1. The van der Waals surface area contributed by atoms with Crippen molar-refractivity contribution in [1.82, 2.24) is 14.9 Å². The third-order valence-electron chi connectivity index (χ3n) is 5.44. The van der Waals surface area contributed by atoms with Gasteiger partial charge in [0.2, 0.25) is 0 Å². The Labute approximate surface area is 137 Å². The van der Waals surface area contributed by atoms with Crippen molar-refractivity contribution in [1.29, 1.82) is 0 Å².